The number of carbonyl (C=O) groups excluding carboxylic acids is 1. The van der Waals surface area contributed by atoms with E-state index in [1.54, 1.807) is 12.4 Å². The predicted octanol–water partition coefficient (Wildman–Crippen LogP) is 4.18. The molecule has 0 radical (unpaired) electrons. The summed E-state index contributed by atoms with van der Waals surface area (Å²) in [5.41, 5.74) is 10.4. The number of imidazole rings is 1. The number of rotatable bonds is 6. The number of pyridine rings is 2. The maximum Gasteiger partial charge on any atom is 0.401 e. The number of hydrogen-bond donors (Lipinski definition) is 2. The topological polar surface area (TPSA) is 114 Å². The number of piperidine rings is 1. The van der Waals surface area contributed by atoms with E-state index in [1.807, 2.05) is 49.0 Å². The van der Waals surface area contributed by atoms with Crippen LogP contribution >= 0.6 is 0 Å². The molecule has 1 spiro atoms. The van der Waals surface area contributed by atoms with E-state index >= 15 is 0 Å². The van der Waals surface area contributed by atoms with Gasteiger partial charge in [0.2, 0.25) is 0 Å². The Balaban J connectivity index is 1.31. The van der Waals surface area contributed by atoms with Crippen molar-refractivity contribution in [2.75, 3.05) is 39.1 Å². The van der Waals surface area contributed by atoms with Crippen LogP contribution in [-0.4, -0.2) is 75.2 Å². The summed E-state index contributed by atoms with van der Waals surface area (Å²) in [4.78, 5) is 30.1. The second kappa shape index (κ2) is 10.2. The molecule has 5 heterocycles. The molecular weight excluding hydrogens is 549 g/mol. The highest BCUT2D eigenvalue weighted by Gasteiger charge is 2.47. The molecule has 220 valence electrons. The smallest absolute Gasteiger partial charge is 0.401 e. The van der Waals surface area contributed by atoms with Gasteiger partial charge in [-0.15, -0.1) is 0 Å². The van der Waals surface area contributed by atoms with Crippen LogP contribution < -0.4 is 15.8 Å². The number of hydrogen-bond acceptors (Lipinski definition) is 8. The summed E-state index contributed by atoms with van der Waals surface area (Å²) in [6, 6.07) is 11.1. The van der Waals surface area contributed by atoms with Gasteiger partial charge in [-0.1, -0.05) is 18.2 Å². The third kappa shape index (κ3) is 4.81. The summed E-state index contributed by atoms with van der Waals surface area (Å²) in [6.07, 6.45) is -1.34. The lowest BCUT2D eigenvalue weighted by molar-refractivity contribution is -0.151. The van der Waals surface area contributed by atoms with Gasteiger partial charge >= 0.3 is 6.18 Å². The van der Waals surface area contributed by atoms with Gasteiger partial charge in [0.1, 0.15) is 17.3 Å². The fourth-order valence-electron chi connectivity index (χ4n) is 6.30. The van der Waals surface area contributed by atoms with E-state index in [1.165, 1.54) is 12.0 Å². The molecule has 3 N–H and O–H groups in total. The first-order chi connectivity index (χ1) is 20.0. The Kier molecular flexibility index (Phi) is 6.81. The molecule has 1 amide bonds. The molecule has 3 aromatic heterocycles. The van der Waals surface area contributed by atoms with Gasteiger partial charge in [0.05, 0.1) is 47.9 Å². The van der Waals surface area contributed by atoms with Gasteiger partial charge in [-0.3, -0.25) is 14.6 Å². The van der Waals surface area contributed by atoms with Gasteiger partial charge in [-0.05, 0) is 37.6 Å². The van der Waals surface area contributed by atoms with Gasteiger partial charge in [0.15, 0.2) is 5.69 Å². The molecule has 13 heteroatoms. The number of aryl methyl sites for hydroxylation is 1. The largest absolute Gasteiger partial charge is 0.494 e. The van der Waals surface area contributed by atoms with Crippen molar-refractivity contribution in [3.63, 3.8) is 0 Å². The van der Waals surface area contributed by atoms with E-state index in [0.29, 0.717) is 66.5 Å². The van der Waals surface area contributed by atoms with Crippen molar-refractivity contribution in [3.8, 4) is 17.0 Å². The third-order valence-electron chi connectivity index (χ3n) is 8.39. The Morgan fingerprint density at radius 1 is 1.14 bits per heavy atom. The number of halogens is 3. The quantitative estimate of drug-likeness (QED) is 0.349. The first-order valence-corrected chi connectivity index (χ1v) is 13.6. The molecule has 10 nitrogen and oxygen atoms in total. The summed E-state index contributed by atoms with van der Waals surface area (Å²) in [5.74, 6) is 0.186. The number of amides is 1. The summed E-state index contributed by atoms with van der Waals surface area (Å²) in [7, 11) is 5.40. The van der Waals surface area contributed by atoms with Crippen LogP contribution in [0.5, 0.6) is 5.75 Å². The minimum Gasteiger partial charge on any atom is -0.494 e. The Morgan fingerprint density at radius 2 is 1.90 bits per heavy atom. The van der Waals surface area contributed by atoms with Crippen LogP contribution in [0.3, 0.4) is 0 Å². The van der Waals surface area contributed by atoms with E-state index < -0.39 is 18.6 Å². The molecule has 1 saturated heterocycles. The van der Waals surface area contributed by atoms with Crippen molar-refractivity contribution in [2.45, 2.75) is 31.1 Å². The van der Waals surface area contributed by atoms with Gasteiger partial charge < -0.3 is 20.4 Å². The number of methoxy groups -OCH3 is 1. The lowest BCUT2D eigenvalue weighted by atomic mass is 9.81. The van der Waals surface area contributed by atoms with E-state index in [4.69, 9.17) is 15.5 Å². The number of fused-ring (bicyclic) bond motifs is 3. The maximum absolute atomic E-state index is 12.9. The molecule has 1 fully saturated rings. The SMILES string of the molecule is COc1cc(Nc2ccc3c(n2)CN(C)C32CCN(CC(F)(F)F)CC2)c(C(N)=O)nc1-c1cccc2c1ncn2C. The van der Waals surface area contributed by atoms with Crippen molar-refractivity contribution in [1.29, 1.82) is 0 Å². The molecule has 0 saturated carbocycles. The average molecular weight is 581 g/mol. The second-order valence-electron chi connectivity index (χ2n) is 10.9. The van der Waals surface area contributed by atoms with Gasteiger partial charge in [0, 0.05) is 38.3 Å². The van der Waals surface area contributed by atoms with Gasteiger partial charge in [0.25, 0.3) is 5.91 Å². The van der Waals surface area contributed by atoms with Crippen molar-refractivity contribution in [2.24, 2.45) is 12.8 Å². The molecule has 4 aromatic rings. The van der Waals surface area contributed by atoms with E-state index in [9.17, 15) is 18.0 Å². The molecule has 0 bridgehead atoms. The first-order valence-electron chi connectivity index (χ1n) is 13.6. The second-order valence-corrected chi connectivity index (χ2v) is 10.9. The number of para-hydroxylation sites is 1. The summed E-state index contributed by atoms with van der Waals surface area (Å²) in [5, 5.41) is 3.19. The zero-order chi connectivity index (χ0) is 29.8. The highest BCUT2D eigenvalue weighted by atomic mass is 19.4. The maximum atomic E-state index is 12.9. The van der Waals surface area contributed by atoms with Crippen molar-refractivity contribution < 1.29 is 22.7 Å². The molecule has 0 unspecified atom stereocenters. The van der Waals surface area contributed by atoms with Crippen molar-refractivity contribution in [3.05, 3.63) is 59.7 Å². The number of primary amides is 1. The first kappa shape index (κ1) is 27.9. The molecule has 6 rings (SSSR count). The number of nitrogens with two attached hydrogens (primary N) is 1. The third-order valence-corrected chi connectivity index (χ3v) is 8.39. The fourth-order valence-corrected chi connectivity index (χ4v) is 6.30. The lowest BCUT2D eigenvalue weighted by Crippen LogP contribution is -2.50. The van der Waals surface area contributed by atoms with Crippen LogP contribution in [0.1, 0.15) is 34.6 Å². The molecule has 0 aliphatic carbocycles. The van der Waals surface area contributed by atoms with Crippen molar-refractivity contribution >= 4 is 28.4 Å². The number of nitrogens with zero attached hydrogens (tertiary/aromatic N) is 6. The highest BCUT2D eigenvalue weighted by Crippen LogP contribution is 2.46. The molecule has 42 heavy (non-hydrogen) atoms. The highest BCUT2D eigenvalue weighted by molar-refractivity contribution is 6.00. The molecule has 0 atom stereocenters. The van der Waals surface area contributed by atoms with Crippen LogP contribution in [0.2, 0.25) is 0 Å². The van der Waals surface area contributed by atoms with Crippen LogP contribution in [-0.2, 0) is 19.1 Å². The lowest BCUT2D eigenvalue weighted by Gasteiger charge is -2.44. The van der Waals surface area contributed by atoms with E-state index in [-0.39, 0.29) is 11.2 Å². The number of anilines is 2. The van der Waals surface area contributed by atoms with E-state index in [2.05, 4.69) is 20.2 Å². The average Bonchev–Trinajstić information content (AvgIpc) is 3.45. The van der Waals surface area contributed by atoms with E-state index in [0.717, 1.165) is 16.8 Å². The Morgan fingerprint density at radius 3 is 2.60 bits per heavy atom. The Labute approximate surface area is 240 Å². The molecule has 2 aliphatic heterocycles. The summed E-state index contributed by atoms with van der Waals surface area (Å²) >= 11 is 0. The number of nitrogens with one attached hydrogen (secondary N) is 1. The zero-order valence-corrected chi connectivity index (χ0v) is 23.5. The number of ether oxygens (including phenoxy) is 1. The van der Waals surface area contributed by atoms with Crippen LogP contribution in [0.4, 0.5) is 24.7 Å². The number of carbonyl (C=O) groups is 1. The standard InChI is InChI=1S/C29H31F3N8O2/c1-38-16-34-24-17(5-4-6-21(24)38)25-22(42-3)13-19(26(37-25)27(33)41)35-23-8-7-18-20(36-23)14-39(2)28(18)9-11-40(12-10-28)15-29(30,31)32/h4-8,13,16H,9-12,14-15H2,1-3H3,(H2,33,41)(H,35,36). The van der Waals surface area contributed by atoms with Crippen LogP contribution in [0.15, 0.2) is 42.7 Å². The Hall–Kier alpha value is -4.23. The molecule has 1 aromatic carbocycles. The normalized spacial score (nSPS) is 17.1. The number of aromatic nitrogens is 4. The number of benzene rings is 1. The molecule has 2 aliphatic rings. The van der Waals surface area contributed by atoms with Crippen LogP contribution in [0.25, 0.3) is 22.3 Å². The minimum atomic E-state index is -4.21. The number of likely N-dealkylation sites (tertiary alicyclic amines) is 1. The zero-order valence-electron chi connectivity index (χ0n) is 23.5. The van der Waals surface area contributed by atoms with Gasteiger partial charge in [-0.25, -0.2) is 15.0 Å². The molecular formula is C29H31F3N8O2. The van der Waals surface area contributed by atoms with Gasteiger partial charge in [-0.2, -0.15) is 13.2 Å². The Bertz CT molecular complexity index is 1680. The minimum absolute atomic E-state index is 0.0201. The predicted molar refractivity (Wildman–Crippen MR) is 151 cm³/mol. The summed E-state index contributed by atoms with van der Waals surface area (Å²) in [6.45, 7) is 0.377. The van der Waals surface area contributed by atoms with Crippen LogP contribution in [0, 0.1) is 0 Å². The number of alkyl halides is 3. The van der Waals surface area contributed by atoms with Crippen molar-refractivity contribution in [1.82, 2.24) is 29.3 Å². The summed E-state index contributed by atoms with van der Waals surface area (Å²) < 4.78 is 46.4. The monoisotopic (exact) mass is 580 g/mol. The fraction of sp³-hybridized carbons (Fsp3) is 0.379.